The summed E-state index contributed by atoms with van der Waals surface area (Å²) in [7, 11) is 0. The number of benzene rings is 2. The molecule has 4 rings (SSSR count). The van der Waals surface area contributed by atoms with Gasteiger partial charge in [0.25, 0.3) is 0 Å². The van der Waals surface area contributed by atoms with E-state index in [1.165, 1.54) is 22.3 Å². The van der Waals surface area contributed by atoms with Gasteiger partial charge >= 0.3 is 0 Å². The number of guanidine groups is 1. The van der Waals surface area contributed by atoms with Crippen molar-refractivity contribution in [3.8, 4) is 0 Å². The maximum absolute atomic E-state index is 11.9. The zero-order valence-electron chi connectivity index (χ0n) is 17.6. The number of hydrogen-bond donors (Lipinski definition) is 1. The van der Waals surface area contributed by atoms with Gasteiger partial charge in [-0.05, 0) is 42.0 Å². The molecule has 5 nitrogen and oxygen atoms in total. The fraction of sp³-hybridized carbons (Fsp3) is 0.417. The van der Waals surface area contributed by atoms with Crippen molar-refractivity contribution in [3.63, 3.8) is 0 Å². The van der Waals surface area contributed by atoms with Crippen molar-refractivity contribution in [1.82, 2.24) is 15.1 Å². The molecule has 1 saturated heterocycles. The van der Waals surface area contributed by atoms with E-state index in [2.05, 4.69) is 65.7 Å². The number of likely N-dealkylation sites (tertiary alicyclic amines) is 1. The van der Waals surface area contributed by atoms with Gasteiger partial charge in [-0.2, -0.15) is 0 Å². The molecule has 160 valence electrons. The normalized spacial score (nSPS) is 16.3. The van der Waals surface area contributed by atoms with Crippen LogP contribution in [0.3, 0.4) is 0 Å². The summed E-state index contributed by atoms with van der Waals surface area (Å²) in [6.07, 6.45) is 2.72. The lowest BCUT2D eigenvalue weighted by molar-refractivity contribution is -0.128. The molecular formula is C24H31IN4O. The molecule has 1 N–H and O–H groups in total. The summed E-state index contributed by atoms with van der Waals surface area (Å²) < 4.78 is 0. The summed E-state index contributed by atoms with van der Waals surface area (Å²) >= 11 is 0. The lowest BCUT2D eigenvalue weighted by atomic mass is 10.0. The lowest BCUT2D eigenvalue weighted by Gasteiger charge is -2.31. The molecular weight excluding hydrogens is 487 g/mol. The second kappa shape index (κ2) is 10.8. The van der Waals surface area contributed by atoms with Gasteiger partial charge in [-0.15, -0.1) is 24.0 Å². The summed E-state index contributed by atoms with van der Waals surface area (Å²) in [5.74, 6) is 1.25. The molecule has 1 amide bonds. The first-order valence-electron chi connectivity index (χ1n) is 10.7. The van der Waals surface area contributed by atoms with E-state index >= 15 is 0 Å². The number of halogens is 1. The number of rotatable bonds is 5. The van der Waals surface area contributed by atoms with Gasteiger partial charge in [-0.1, -0.05) is 48.5 Å². The fourth-order valence-corrected chi connectivity index (χ4v) is 4.19. The number of carbonyl (C=O) groups is 1. The Morgan fingerprint density at radius 3 is 2.60 bits per heavy atom. The monoisotopic (exact) mass is 518 g/mol. The number of fused-ring (bicyclic) bond motifs is 1. The van der Waals surface area contributed by atoms with Gasteiger partial charge in [0.05, 0.1) is 6.54 Å². The Bertz CT molecular complexity index is 898. The van der Waals surface area contributed by atoms with Gasteiger partial charge in [0.2, 0.25) is 5.91 Å². The van der Waals surface area contributed by atoms with Crippen LogP contribution in [0.4, 0.5) is 0 Å². The highest BCUT2D eigenvalue weighted by molar-refractivity contribution is 14.0. The molecule has 2 aromatic rings. The molecule has 6 heteroatoms. The minimum Gasteiger partial charge on any atom is -0.356 e. The fourth-order valence-electron chi connectivity index (χ4n) is 4.19. The molecule has 30 heavy (non-hydrogen) atoms. The predicted octanol–water partition coefficient (Wildman–Crippen LogP) is 3.95. The second-order valence-corrected chi connectivity index (χ2v) is 7.85. The first-order chi connectivity index (χ1) is 14.2. The third-order valence-electron chi connectivity index (χ3n) is 5.71. The molecule has 2 aliphatic rings. The van der Waals surface area contributed by atoms with Crippen LogP contribution in [-0.2, 0) is 30.8 Å². The molecule has 0 unspecified atom stereocenters. The van der Waals surface area contributed by atoms with Gasteiger partial charge in [-0.3, -0.25) is 4.79 Å². The van der Waals surface area contributed by atoms with Crippen molar-refractivity contribution < 1.29 is 4.79 Å². The Morgan fingerprint density at radius 1 is 1.03 bits per heavy atom. The van der Waals surface area contributed by atoms with Gasteiger partial charge in [-0.25, -0.2) is 4.99 Å². The highest BCUT2D eigenvalue weighted by atomic mass is 127. The summed E-state index contributed by atoms with van der Waals surface area (Å²) in [6.45, 7) is 7.08. The smallest absolute Gasteiger partial charge is 0.222 e. The minimum atomic E-state index is 0. The summed E-state index contributed by atoms with van der Waals surface area (Å²) in [5, 5.41) is 3.46. The molecule has 2 aromatic carbocycles. The Morgan fingerprint density at radius 2 is 1.83 bits per heavy atom. The zero-order chi connectivity index (χ0) is 20.1. The zero-order valence-corrected chi connectivity index (χ0v) is 20.0. The van der Waals surface area contributed by atoms with Crippen molar-refractivity contribution in [2.75, 3.05) is 19.6 Å². The first-order valence-corrected chi connectivity index (χ1v) is 10.7. The lowest BCUT2D eigenvalue weighted by Crippen LogP contribution is -2.44. The summed E-state index contributed by atoms with van der Waals surface area (Å²) in [4.78, 5) is 21.1. The van der Waals surface area contributed by atoms with Gasteiger partial charge in [0.1, 0.15) is 0 Å². The van der Waals surface area contributed by atoms with Crippen LogP contribution in [-0.4, -0.2) is 41.3 Å². The minimum absolute atomic E-state index is 0. The van der Waals surface area contributed by atoms with Gasteiger partial charge in [0, 0.05) is 39.1 Å². The first kappa shape index (κ1) is 22.6. The van der Waals surface area contributed by atoms with Crippen LogP contribution < -0.4 is 5.32 Å². The molecule has 1 fully saturated rings. The molecule has 2 heterocycles. The Labute approximate surface area is 196 Å². The van der Waals surface area contributed by atoms with Crippen molar-refractivity contribution in [2.45, 2.75) is 45.8 Å². The van der Waals surface area contributed by atoms with Crippen molar-refractivity contribution in [2.24, 2.45) is 4.99 Å². The average molecular weight is 518 g/mol. The van der Waals surface area contributed by atoms with E-state index in [9.17, 15) is 4.79 Å². The van der Waals surface area contributed by atoms with E-state index in [4.69, 9.17) is 4.99 Å². The predicted molar refractivity (Wildman–Crippen MR) is 132 cm³/mol. The van der Waals surface area contributed by atoms with E-state index in [0.717, 1.165) is 45.0 Å². The van der Waals surface area contributed by atoms with Crippen molar-refractivity contribution in [3.05, 3.63) is 70.8 Å². The molecule has 0 saturated carbocycles. The second-order valence-electron chi connectivity index (χ2n) is 7.85. The molecule has 0 spiro atoms. The molecule has 0 bridgehead atoms. The van der Waals surface area contributed by atoms with Crippen LogP contribution in [0.15, 0.2) is 53.5 Å². The molecule has 0 aromatic heterocycles. The quantitative estimate of drug-likeness (QED) is 0.371. The van der Waals surface area contributed by atoms with Crippen LogP contribution in [0.1, 0.15) is 42.0 Å². The topological polar surface area (TPSA) is 47.9 Å². The highest BCUT2D eigenvalue weighted by Gasteiger charge is 2.20. The maximum atomic E-state index is 11.9. The number of nitrogens with one attached hydrogen (secondary N) is 1. The van der Waals surface area contributed by atoms with Gasteiger partial charge in [0.15, 0.2) is 5.96 Å². The van der Waals surface area contributed by atoms with E-state index in [0.29, 0.717) is 19.5 Å². The van der Waals surface area contributed by atoms with Crippen molar-refractivity contribution >= 4 is 35.8 Å². The van der Waals surface area contributed by atoms with Crippen LogP contribution >= 0.6 is 24.0 Å². The molecule has 2 aliphatic heterocycles. The Kier molecular flexibility index (Phi) is 8.13. The highest BCUT2D eigenvalue weighted by Crippen LogP contribution is 2.19. The average Bonchev–Trinajstić information content (AvgIpc) is 3.15. The molecule has 0 radical (unpaired) electrons. The third-order valence-corrected chi connectivity index (χ3v) is 5.71. The third kappa shape index (κ3) is 5.53. The van der Waals surface area contributed by atoms with Crippen molar-refractivity contribution in [1.29, 1.82) is 0 Å². The Hall–Kier alpha value is -2.09. The van der Waals surface area contributed by atoms with E-state index < -0.39 is 0 Å². The van der Waals surface area contributed by atoms with Crippen LogP contribution in [0.25, 0.3) is 0 Å². The van der Waals surface area contributed by atoms with Crippen LogP contribution in [0, 0.1) is 0 Å². The van der Waals surface area contributed by atoms with Gasteiger partial charge < -0.3 is 15.1 Å². The maximum Gasteiger partial charge on any atom is 0.222 e. The van der Waals surface area contributed by atoms with E-state index in [1.807, 2.05) is 4.90 Å². The summed E-state index contributed by atoms with van der Waals surface area (Å²) in [5.41, 5.74) is 5.21. The Balaban J connectivity index is 0.00000256. The number of carbonyl (C=O) groups excluding carboxylic acids is 1. The number of amides is 1. The van der Waals surface area contributed by atoms with Crippen LogP contribution in [0.5, 0.6) is 0 Å². The molecule has 0 atom stereocenters. The largest absolute Gasteiger partial charge is 0.356 e. The molecule has 0 aliphatic carbocycles. The standard InChI is InChI=1S/C24H30N4O.HI/c1-2-25-24(28-14-12-21-9-3-4-10-22(21)18-28)26-16-19-7-5-8-20(15-19)17-27-13-6-11-23(27)29;/h3-5,7-10,15H,2,6,11-14,16-18H2,1H3,(H,25,26);1H. The van der Waals surface area contributed by atoms with E-state index in [1.54, 1.807) is 0 Å². The summed E-state index contributed by atoms with van der Waals surface area (Å²) in [6, 6.07) is 17.2. The number of hydrogen-bond acceptors (Lipinski definition) is 2. The van der Waals surface area contributed by atoms with E-state index in [-0.39, 0.29) is 29.9 Å². The number of nitrogens with zero attached hydrogens (tertiary/aromatic N) is 3. The number of aliphatic imine (C=N–C) groups is 1. The van der Waals surface area contributed by atoms with Crippen LogP contribution in [0.2, 0.25) is 0 Å². The SMILES string of the molecule is CCNC(=NCc1cccc(CN2CCCC2=O)c1)N1CCc2ccccc2C1.I.